The molecule has 1 aliphatic heterocycles. The van der Waals surface area contributed by atoms with Crippen molar-refractivity contribution in [2.24, 2.45) is 4.99 Å². The number of allylic oxidation sites excluding steroid dienone is 1. The Balaban J connectivity index is 1.67. The third-order valence-electron chi connectivity index (χ3n) is 5.24. The predicted molar refractivity (Wildman–Crippen MR) is 119 cm³/mol. The number of anilines is 1. The topological polar surface area (TPSA) is 86.3 Å². The van der Waals surface area contributed by atoms with E-state index in [0.717, 1.165) is 44.6 Å². The predicted octanol–water partition coefficient (Wildman–Crippen LogP) is 4.38. The highest BCUT2D eigenvalue weighted by atomic mass is 16.5. The summed E-state index contributed by atoms with van der Waals surface area (Å²) in [6.07, 6.45) is 7.80. The third-order valence-corrected chi connectivity index (χ3v) is 5.24. The van der Waals surface area contributed by atoms with Crippen molar-refractivity contribution >= 4 is 33.7 Å². The lowest BCUT2D eigenvalue weighted by atomic mass is 9.95. The fourth-order valence-electron chi connectivity index (χ4n) is 3.77. The lowest BCUT2D eigenvalue weighted by molar-refractivity contribution is 0.415. The zero-order valence-electron chi connectivity index (χ0n) is 16.4. The second-order valence-corrected chi connectivity index (χ2v) is 6.99. The molecule has 2 N–H and O–H groups in total. The lowest BCUT2D eigenvalue weighted by Crippen LogP contribution is -2.01. The quantitative estimate of drug-likeness (QED) is 0.556. The van der Waals surface area contributed by atoms with Gasteiger partial charge >= 0.3 is 0 Å². The van der Waals surface area contributed by atoms with Crippen LogP contribution in [-0.2, 0) is 0 Å². The van der Waals surface area contributed by atoms with E-state index >= 15 is 0 Å². The SMILES string of the molecule is COc1cc(C2=C(c3ccncc3)N=C(c3cccc4ncccc34)C2)cnc1N. The Kier molecular flexibility index (Phi) is 4.44. The molecule has 4 heterocycles. The summed E-state index contributed by atoms with van der Waals surface area (Å²) in [6.45, 7) is 0. The lowest BCUT2D eigenvalue weighted by Gasteiger charge is -2.10. The molecule has 4 aromatic rings. The number of aromatic nitrogens is 3. The van der Waals surface area contributed by atoms with Crippen LogP contribution in [0.4, 0.5) is 5.82 Å². The molecule has 6 nitrogen and oxygen atoms in total. The van der Waals surface area contributed by atoms with Crippen molar-refractivity contribution in [3.63, 3.8) is 0 Å². The maximum atomic E-state index is 5.93. The molecule has 0 saturated carbocycles. The summed E-state index contributed by atoms with van der Waals surface area (Å²) in [5, 5.41) is 1.09. The third kappa shape index (κ3) is 3.08. The maximum Gasteiger partial charge on any atom is 0.166 e. The highest BCUT2D eigenvalue weighted by Gasteiger charge is 2.24. The molecular weight excluding hydrogens is 374 g/mol. The molecule has 0 atom stereocenters. The van der Waals surface area contributed by atoms with Crippen molar-refractivity contribution < 1.29 is 4.74 Å². The van der Waals surface area contributed by atoms with Gasteiger partial charge < -0.3 is 10.5 Å². The van der Waals surface area contributed by atoms with E-state index in [4.69, 9.17) is 15.5 Å². The van der Waals surface area contributed by atoms with Crippen molar-refractivity contribution in [1.29, 1.82) is 0 Å². The Labute approximate surface area is 173 Å². The van der Waals surface area contributed by atoms with Crippen LogP contribution in [0.15, 0.2) is 78.3 Å². The number of ether oxygens (including phenoxy) is 1. The van der Waals surface area contributed by atoms with Crippen molar-refractivity contribution in [3.05, 3.63) is 90.0 Å². The largest absolute Gasteiger partial charge is 0.493 e. The standard InChI is InChI=1S/C24H19N5O/c1-30-22-12-16(14-28-24(22)25)19-13-21(29-23(19)15-7-10-26-11-8-15)18-4-2-6-20-17(18)5-3-9-27-20/h2-12,14H,13H2,1H3,(H2,25,28). The van der Waals surface area contributed by atoms with Gasteiger partial charge in [0, 0.05) is 53.3 Å². The highest BCUT2D eigenvalue weighted by Crippen LogP contribution is 2.39. The highest BCUT2D eigenvalue weighted by molar-refractivity contribution is 6.21. The zero-order chi connectivity index (χ0) is 20.5. The number of nitrogen functional groups attached to an aromatic ring is 1. The summed E-state index contributed by atoms with van der Waals surface area (Å²) in [7, 11) is 1.59. The van der Waals surface area contributed by atoms with Crippen LogP contribution in [0.5, 0.6) is 5.75 Å². The smallest absolute Gasteiger partial charge is 0.166 e. The number of nitrogens with two attached hydrogens (primary N) is 1. The van der Waals surface area contributed by atoms with Gasteiger partial charge in [-0.05, 0) is 35.9 Å². The van der Waals surface area contributed by atoms with Gasteiger partial charge in [-0.15, -0.1) is 0 Å². The van der Waals surface area contributed by atoms with Gasteiger partial charge in [0.1, 0.15) is 0 Å². The number of hydrogen-bond acceptors (Lipinski definition) is 6. The average molecular weight is 393 g/mol. The van der Waals surface area contributed by atoms with Crippen LogP contribution in [0.25, 0.3) is 22.2 Å². The van der Waals surface area contributed by atoms with E-state index in [0.29, 0.717) is 18.0 Å². The van der Waals surface area contributed by atoms with E-state index < -0.39 is 0 Å². The molecule has 0 amide bonds. The fraction of sp³-hybridized carbons (Fsp3) is 0.0833. The van der Waals surface area contributed by atoms with Gasteiger partial charge in [-0.25, -0.2) is 4.98 Å². The number of aliphatic imine (C=N–C) groups is 1. The van der Waals surface area contributed by atoms with Gasteiger partial charge in [0.2, 0.25) is 0 Å². The number of nitrogens with zero attached hydrogens (tertiary/aromatic N) is 4. The van der Waals surface area contributed by atoms with Crippen LogP contribution in [0.1, 0.15) is 23.1 Å². The van der Waals surface area contributed by atoms with Crippen molar-refractivity contribution in [3.8, 4) is 5.75 Å². The van der Waals surface area contributed by atoms with Crippen LogP contribution in [0, 0.1) is 0 Å². The first-order valence-corrected chi connectivity index (χ1v) is 9.59. The summed E-state index contributed by atoms with van der Waals surface area (Å²) < 4.78 is 5.39. The van der Waals surface area contributed by atoms with Crippen LogP contribution < -0.4 is 10.5 Å². The second kappa shape index (κ2) is 7.40. The molecule has 6 heteroatoms. The number of rotatable bonds is 4. The monoisotopic (exact) mass is 393 g/mol. The molecular formula is C24H19N5O. The molecule has 0 saturated heterocycles. The number of hydrogen-bond donors (Lipinski definition) is 1. The molecule has 1 aromatic carbocycles. The molecule has 0 aliphatic carbocycles. The molecule has 3 aromatic heterocycles. The molecule has 30 heavy (non-hydrogen) atoms. The van der Waals surface area contributed by atoms with Crippen molar-refractivity contribution in [2.75, 3.05) is 12.8 Å². The summed E-state index contributed by atoms with van der Waals surface area (Å²) in [5.41, 5.74) is 12.9. The molecule has 0 spiro atoms. The second-order valence-electron chi connectivity index (χ2n) is 6.99. The van der Waals surface area contributed by atoms with Crippen molar-refractivity contribution in [2.45, 2.75) is 6.42 Å². The summed E-state index contributed by atoms with van der Waals surface area (Å²) in [6, 6.07) is 16.0. The number of pyridine rings is 3. The Morgan fingerprint density at radius 2 is 1.80 bits per heavy atom. The van der Waals surface area contributed by atoms with Gasteiger partial charge in [-0.1, -0.05) is 18.2 Å². The number of fused-ring (bicyclic) bond motifs is 1. The van der Waals surface area contributed by atoms with Crippen molar-refractivity contribution in [1.82, 2.24) is 15.0 Å². The van der Waals surface area contributed by atoms with E-state index in [1.165, 1.54) is 0 Å². The minimum Gasteiger partial charge on any atom is -0.493 e. The van der Waals surface area contributed by atoms with E-state index in [1.807, 2.05) is 36.4 Å². The first kappa shape index (κ1) is 18.0. The molecule has 146 valence electrons. The van der Waals surface area contributed by atoms with E-state index in [-0.39, 0.29) is 0 Å². The molecule has 0 bridgehead atoms. The van der Waals surface area contributed by atoms with Crippen LogP contribution in [0.2, 0.25) is 0 Å². The fourth-order valence-corrected chi connectivity index (χ4v) is 3.77. The summed E-state index contributed by atoms with van der Waals surface area (Å²) in [5.74, 6) is 0.920. The minimum absolute atomic E-state index is 0.367. The first-order chi connectivity index (χ1) is 14.7. The Morgan fingerprint density at radius 1 is 0.933 bits per heavy atom. The summed E-state index contributed by atoms with van der Waals surface area (Å²) >= 11 is 0. The van der Waals surface area contributed by atoms with Gasteiger partial charge in [-0.3, -0.25) is 15.0 Å². The molecule has 0 radical (unpaired) electrons. The van der Waals surface area contributed by atoms with Gasteiger partial charge in [-0.2, -0.15) is 0 Å². The van der Waals surface area contributed by atoms with Crippen LogP contribution in [0.3, 0.4) is 0 Å². The van der Waals surface area contributed by atoms with Crippen LogP contribution >= 0.6 is 0 Å². The zero-order valence-corrected chi connectivity index (χ0v) is 16.4. The molecule has 0 fully saturated rings. The molecule has 5 rings (SSSR count). The van der Waals surface area contributed by atoms with Crippen LogP contribution in [-0.4, -0.2) is 27.8 Å². The first-order valence-electron chi connectivity index (χ1n) is 9.59. The Bertz CT molecular complexity index is 1310. The Hall–Kier alpha value is -4.06. The minimum atomic E-state index is 0.367. The van der Waals surface area contributed by atoms with Gasteiger partial charge in [0.25, 0.3) is 0 Å². The normalized spacial score (nSPS) is 13.6. The van der Waals surface area contributed by atoms with E-state index in [9.17, 15) is 0 Å². The molecule has 0 unspecified atom stereocenters. The summed E-state index contributed by atoms with van der Waals surface area (Å²) in [4.78, 5) is 18.0. The number of benzene rings is 1. The van der Waals surface area contributed by atoms with E-state index in [2.05, 4.69) is 27.1 Å². The average Bonchev–Trinajstić information content (AvgIpc) is 3.25. The number of methoxy groups -OCH3 is 1. The van der Waals surface area contributed by atoms with E-state index in [1.54, 1.807) is 31.9 Å². The Morgan fingerprint density at radius 3 is 2.63 bits per heavy atom. The van der Waals surface area contributed by atoms with Gasteiger partial charge in [0.05, 0.1) is 24.0 Å². The molecule has 1 aliphatic rings. The maximum absolute atomic E-state index is 5.93. The van der Waals surface area contributed by atoms with Gasteiger partial charge in [0.15, 0.2) is 11.6 Å².